The summed E-state index contributed by atoms with van der Waals surface area (Å²) in [5, 5.41) is 14.2. The average molecular weight is 158 g/mol. The van der Waals surface area contributed by atoms with Crippen LogP contribution in [0.5, 0.6) is 0 Å². The molecule has 2 heteroatoms. The Bertz CT molecular complexity index is 96.2. The van der Waals surface area contributed by atoms with E-state index in [1.165, 1.54) is 0 Å². The molecule has 0 saturated heterocycles. The molecule has 0 amide bonds. The number of rotatable bonds is 4. The minimum Gasteiger partial charge on any atom is -0.285 e. The molecule has 0 aromatic heterocycles. The third-order valence-electron chi connectivity index (χ3n) is 1.41. The summed E-state index contributed by atoms with van der Waals surface area (Å²) in [6, 6.07) is 0. The van der Waals surface area contributed by atoms with Crippen LogP contribution < -0.4 is 5.32 Å². The lowest BCUT2D eigenvalue weighted by atomic mass is 10.1. The van der Waals surface area contributed by atoms with Gasteiger partial charge in [0.15, 0.2) is 0 Å². The normalized spacial score (nSPS) is 15.0. The van der Waals surface area contributed by atoms with Crippen LogP contribution in [-0.4, -0.2) is 11.8 Å². The molecular weight excluding hydrogens is 138 g/mol. The van der Waals surface area contributed by atoms with Crippen molar-refractivity contribution in [2.45, 2.75) is 58.7 Å². The summed E-state index contributed by atoms with van der Waals surface area (Å²) >= 11 is 0. The molecule has 1 atom stereocenters. The molecular formula is C9H20NO. The van der Waals surface area contributed by atoms with Gasteiger partial charge in [0.05, 0.1) is 0 Å². The Morgan fingerprint density at radius 3 is 2.27 bits per heavy atom. The van der Waals surface area contributed by atoms with E-state index in [-0.39, 0.29) is 5.54 Å². The summed E-state index contributed by atoms with van der Waals surface area (Å²) in [7, 11) is 0. The highest BCUT2D eigenvalue weighted by molar-refractivity contribution is 4.71. The summed E-state index contributed by atoms with van der Waals surface area (Å²) in [4.78, 5) is 0. The molecule has 0 heterocycles. The fourth-order valence-electron chi connectivity index (χ4n) is 0.945. The van der Waals surface area contributed by atoms with E-state index in [1.807, 2.05) is 20.8 Å². The number of hydrogen-bond acceptors (Lipinski definition) is 1. The van der Waals surface area contributed by atoms with Crippen molar-refractivity contribution in [1.29, 1.82) is 0 Å². The Kier molecular flexibility index (Phi) is 4.69. The first kappa shape index (κ1) is 10.9. The van der Waals surface area contributed by atoms with Crippen LogP contribution in [0.4, 0.5) is 0 Å². The quantitative estimate of drug-likeness (QED) is 0.626. The maximum Gasteiger partial charge on any atom is 0.144 e. The largest absolute Gasteiger partial charge is 0.285 e. The van der Waals surface area contributed by atoms with E-state index < -0.39 is 6.23 Å². The van der Waals surface area contributed by atoms with E-state index in [0.29, 0.717) is 0 Å². The van der Waals surface area contributed by atoms with Crippen molar-refractivity contribution in [2.75, 3.05) is 0 Å². The molecule has 67 valence electrons. The molecule has 1 unspecified atom stereocenters. The fourth-order valence-corrected chi connectivity index (χ4v) is 0.945. The first-order valence-electron chi connectivity index (χ1n) is 4.39. The molecule has 11 heavy (non-hydrogen) atoms. The van der Waals surface area contributed by atoms with Gasteiger partial charge in [-0.1, -0.05) is 13.3 Å². The fraction of sp³-hybridized carbons (Fsp3) is 1.00. The van der Waals surface area contributed by atoms with Crippen LogP contribution in [0.2, 0.25) is 0 Å². The van der Waals surface area contributed by atoms with Crippen molar-refractivity contribution in [2.24, 2.45) is 0 Å². The molecule has 0 rings (SSSR count). The van der Waals surface area contributed by atoms with Crippen LogP contribution in [0, 0.1) is 0 Å². The summed E-state index contributed by atoms with van der Waals surface area (Å²) in [5.41, 5.74) is -0.0415. The van der Waals surface area contributed by atoms with Crippen LogP contribution in [0.15, 0.2) is 0 Å². The number of nitrogens with one attached hydrogen (secondary N) is 1. The molecule has 0 aliphatic rings. The molecule has 1 radical (unpaired) electrons. The van der Waals surface area contributed by atoms with Crippen molar-refractivity contribution in [3.05, 3.63) is 0 Å². The van der Waals surface area contributed by atoms with E-state index in [1.54, 1.807) is 0 Å². The van der Waals surface area contributed by atoms with E-state index in [4.69, 9.17) is 0 Å². The van der Waals surface area contributed by atoms with Gasteiger partial charge in [0, 0.05) is 5.54 Å². The van der Waals surface area contributed by atoms with Crippen molar-refractivity contribution in [3.63, 3.8) is 0 Å². The Morgan fingerprint density at radius 2 is 1.91 bits per heavy atom. The Balaban J connectivity index is 3.44. The number of hydrogen-bond donors (Lipinski definition) is 1. The zero-order valence-corrected chi connectivity index (χ0v) is 8.11. The van der Waals surface area contributed by atoms with Gasteiger partial charge in [-0.3, -0.25) is 5.32 Å². The van der Waals surface area contributed by atoms with Crippen LogP contribution in [0.25, 0.3) is 0 Å². The molecule has 0 aromatic carbocycles. The third-order valence-corrected chi connectivity index (χ3v) is 1.41. The van der Waals surface area contributed by atoms with Crippen molar-refractivity contribution in [3.8, 4) is 0 Å². The Morgan fingerprint density at radius 1 is 1.36 bits per heavy atom. The predicted molar refractivity (Wildman–Crippen MR) is 46.9 cm³/mol. The lowest BCUT2D eigenvalue weighted by Gasteiger charge is -2.23. The molecule has 0 aromatic rings. The third kappa shape index (κ3) is 7.82. The Labute approximate surface area is 70.0 Å². The lowest BCUT2D eigenvalue weighted by molar-refractivity contribution is 0.0290. The van der Waals surface area contributed by atoms with Gasteiger partial charge in [-0.15, -0.1) is 0 Å². The summed E-state index contributed by atoms with van der Waals surface area (Å²) in [5.74, 6) is 0. The van der Waals surface area contributed by atoms with Crippen molar-refractivity contribution in [1.82, 2.24) is 5.32 Å². The zero-order chi connectivity index (χ0) is 8.91. The Hall–Kier alpha value is -0.0800. The second-order valence-corrected chi connectivity index (χ2v) is 4.03. The number of unbranched alkanes of at least 4 members (excludes halogenated alkanes) is 1. The van der Waals surface area contributed by atoms with E-state index in [9.17, 15) is 5.11 Å². The van der Waals surface area contributed by atoms with Gasteiger partial charge in [-0.25, -0.2) is 5.11 Å². The summed E-state index contributed by atoms with van der Waals surface area (Å²) < 4.78 is 0. The molecule has 0 aliphatic carbocycles. The standard InChI is InChI=1S/C9H20NO/c1-5-6-7-8(11)10-9(2,3)4/h8,10H,5-7H2,1-4H3. The van der Waals surface area contributed by atoms with Crippen LogP contribution in [-0.2, 0) is 5.11 Å². The maximum absolute atomic E-state index is 11.2. The van der Waals surface area contributed by atoms with E-state index in [2.05, 4.69) is 12.2 Å². The summed E-state index contributed by atoms with van der Waals surface area (Å²) in [6.07, 6.45) is 2.28. The molecule has 0 saturated carbocycles. The lowest BCUT2D eigenvalue weighted by Crippen LogP contribution is -2.42. The highest BCUT2D eigenvalue weighted by Gasteiger charge is 2.14. The van der Waals surface area contributed by atoms with Gasteiger partial charge in [0.2, 0.25) is 0 Å². The topological polar surface area (TPSA) is 31.9 Å². The van der Waals surface area contributed by atoms with Crippen LogP contribution >= 0.6 is 0 Å². The predicted octanol–water partition coefficient (Wildman–Crippen LogP) is 2.32. The van der Waals surface area contributed by atoms with Gasteiger partial charge in [-0.05, 0) is 33.6 Å². The minimum atomic E-state index is -0.588. The van der Waals surface area contributed by atoms with Gasteiger partial charge in [0.25, 0.3) is 0 Å². The monoisotopic (exact) mass is 158 g/mol. The van der Waals surface area contributed by atoms with E-state index >= 15 is 0 Å². The molecule has 0 spiro atoms. The highest BCUT2D eigenvalue weighted by Crippen LogP contribution is 2.04. The van der Waals surface area contributed by atoms with Gasteiger partial charge >= 0.3 is 0 Å². The van der Waals surface area contributed by atoms with Gasteiger partial charge in [0.1, 0.15) is 6.23 Å². The maximum atomic E-state index is 11.2. The second kappa shape index (κ2) is 4.73. The molecule has 0 bridgehead atoms. The second-order valence-electron chi connectivity index (χ2n) is 4.03. The van der Waals surface area contributed by atoms with Crippen LogP contribution in [0.3, 0.4) is 0 Å². The molecule has 1 N–H and O–H groups in total. The van der Waals surface area contributed by atoms with E-state index in [0.717, 1.165) is 19.3 Å². The minimum absolute atomic E-state index is 0.0415. The zero-order valence-electron chi connectivity index (χ0n) is 8.11. The highest BCUT2D eigenvalue weighted by atomic mass is 16.3. The smallest absolute Gasteiger partial charge is 0.144 e. The SMILES string of the molecule is CCCCC([O])NC(C)(C)C. The van der Waals surface area contributed by atoms with Gasteiger partial charge in [-0.2, -0.15) is 0 Å². The summed E-state index contributed by atoms with van der Waals surface area (Å²) in [6.45, 7) is 8.15. The van der Waals surface area contributed by atoms with Gasteiger partial charge < -0.3 is 0 Å². The van der Waals surface area contributed by atoms with Crippen molar-refractivity contribution >= 4 is 0 Å². The molecule has 0 aliphatic heterocycles. The molecule has 0 fully saturated rings. The van der Waals surface area contributed by atoms with Crippen LogP contribution in [0.1, 0.15) is 47.0 Å². The first-order valence-corrected chi connectivity index (χ1v) is 4.39. The molecule has 2 nitrogen and oxygen atoms in total. The van der Waals surface area contributed by atoms with Crippen molar-refractivity contribution < 1.29 is 5.11 Å². The first-order chi connectivity index (χ1) is 4.95. The average Bonchev–Trinajstić information content (AvgIpc) is 1.79.